The second-order valence-electron chi connectivity index (χ2n) is 3.10. The third-order valence-electron chi connectivity index (χ3n) is 2.35. The van der Waals surface area contributed by atoms with Crippen molar-refractivity contribution in [2.24, 2.45) is 5.10 Å². The molecule has 2 atom stereocenters. The number of hydrogen-bond acceptors (Lipinski definition) is 4. The molecule has 2 rings (SSSR count). The van der Waals surface area contributed by atoms with Gasteiger partial charge in [-0.3, -0.25) is 5.43 Å². The molecule has 11 heavy (non-hydrogen) atoms. The van der Waals surface area contributed by atoms with Gasteiger partial charge in [0.15, 0.2) is 0 Å². The van der Waals surface area contributed by atoms with Crippen LogP contribution in [0.2, 0.25) is 0 Å². The van der Waals surface area contributed by atoms with Crippen LogP contribution in [0.4, 0.5) is 0 Å². The molecule has 2 aliphatic rings. The maximum Gasteiger partial charge on any atom is 0.128 e. The topological polar surface area (TPSA) is 39.7 Å². The standard InChI is InChI=1S/C7H14N4/c1-2-6-4-11-5-9-10-7(11)3-8-6/h5-8,10H,2-4H2,1H3. The van der Waals surface area contributed by atoms with Gasteiger partial charge in [-0.25, -0.2) is 0 Å². The Kier molecular flexibility index (Phi) is 1.69. The molecule has 4 nitrogen and oxygen atoms in total. The van der Waals surface area contributed by atoms with E-state index in [1.54, 1.807) is 0 Å². The van der Waals surface area contributed by atoms with Crippen LogP contribution in [0, 0.1) is 0 Å². The lowest BCUT2D eigenvalue weighted by Gasteiger charge is -2.34. The number of rotatable bonds is 1. The SMILES string of the molecule is CCC1CN2C=NNC2CN1. The van der Waals surface area contributed by atoms with Crippen molar-refractivity contribution in [2.45, 2.75) is 25.6 Å². The van der Waals surface area contributed by atoms with Gasteiger partial charge in [0.25, 0.3) is 0 Å². The minimum absolute atomic E-state index is 0.401. The van der Waals surface area contributed by atoms with Crippen LogP contribution in [0.25, 0.3) is 0 Å². The molecule has 4 heteroatoms. The zero-order valence-electron chi connectivity index (χ0n) is 6.75. The Balaban J connectivity index is 1.95. The highest BCUT2D eigenvalue weighted by molar-refractivity contribution is 5.57. The predicted octanol–water partition coefficient (Wildman–Crippen LogP) is -0.457. The van der Waals surface area contributed by atoms with E-state index in [1.807, 2.05) is 6.34 Å². The lowest BCUT2D eigenvalue weighted by molar-refractivity contribution is 0.208. The Morgan fingerprint density at radius 1 is 1.73 bits per heavy atom. The van der Waals surface area contributed by atoms with E-state index < -0.39 is 0 Å². The molecule has 0 aromatic carbocycles. The lowest BCUT2D eigenvalue weighted by atomic mass is 10.1. The molecule has 0 amide bonds. The molecule has 2 N–H and O–H groups in total. The molecule has 0 radical (unpaired) electrons. The summed E-state index contributed by atoms with van der Waals surface area (Å²) in [7, 11) is 0. The highest BCUT2D eigenvalue weighted by atomic mass is 15.5. The third-order valence-corrected chi connectivity index (χ3v) is 2.35. The van der Waals surface area contributed by atoms with Gasteiger partial charge in [0.05, 0.1) is 0 Å². The number of fused-ring (bicyclic) bond motifs is 1. The highest BCUT2D eigenvalue weighted by Gasteiger charge is 2.27. The molecule has 1 fully saturated rings. The summed E-state index contributed by atoms with van der Waals surface area (Å²) < 4.78 is 0. The molecule has 2 aliphatic heterocycles. The number of hydrazone groups is 1. The van der Waals surface area contributed by atoms with Crippen LogP contribution < -0.4 is 10.7 Å². The zero-order chi connectivity index (χ0) is 7.68. The van der Waals surface area contributed by atoms with Gasteiger partial charge in [0.2, 0.25) is 0 Å². The van der Waals surface area contributed by atoms with Crippen LogP contribution in [0.1, 0.15) is 13.3 Å². The molecule has 1 saturated heterocycles. The van der Waals surface area contributed by atoms with Gasteiger partial charge in [-0.15, -0.1) is 0 Å². The monoisotopic (exact) mass is 154 g/mol. The molecule has 0 aromatic heterocycles. The van der Waals surface area contributed by atoms with Crippen molar-refractivity contribution in [3.63, 3.8) is 0 Å². The Bertz CT molecular complexity index is 168. The third kappa shape index (κ3) is 1.18. The molecule has 62 valence electrons. The molecular weight excluding hydrogens is 140 g/mol. The van der Waals surface area contributed by atoms with Gasteiger partial charge in [-0.1, -0.05) is 6.92 Å². The average molecular weight is 154 g/mol. The van der Waals surface area contributed by atoms with Crippen molar-refractivity contribution in [3.05, 3.63) is 0 Å². The van der Waals surface area contributed by atoms with E-state index in [0.717, 1.165) is 13.1 Å². The summed E-state index contributed by atoms with van der Waals surface area (Å²) in [6, 6.07) is 0.637. The lowest BCUT2D eigenvalue weighted by Crippen LogP contribution is -2.57. The molecule has 2 heterocycles. The summed E-state index contributed by atoms with van der Waals surface area (Å²) in [5.41, 5.74) is 3.04. The molecule has 0 aromatic rings. The zero-order valence-corrected chi connectivity index (χ0v) is 6.75. The maximum atomic E-state index is 4.01. The fourth-order valence-corrected chi connectivity index (χ4v) is 1.56. The van der Waals surface area contributed by atoms with Gasteiger partial charge in [-0.2, -0.15) is 5.10 Å². The summed E-state index contributed by atoms with van der Waals surface area (Å²) in [5, 5.41) is 7.46. The Morgan fingerprint density at radius 2 is 2.64 bits per heavy atom. The summed E-state index contributed by atoms with van der Waals surface area (Å²) in [6.07, 6.45) is 3.49. The molecular formula is C7H14N4. The van der Waals surface area contributed by atoms with Crippen molar-refractivity contribution in [1.82, 2.24) is 15.6 Å². The first-order valence-corrected chi connectivity index (χ1v) is 4.18. The van der Waals surface area contributed by atoms with Crippen LogP contribution in [0.3, 0.4) is 0 Å². The quantitative estimate of drug-likeness (QED) is 0.537. The average Bonchev–Trinajstić information content (AvgIpc) is 2.50. The van der Waals surface area contributed by atoms with Crippen LogP contribution in [0.15, 0.2) is 5.10 Å². The molecule has 0 aliphatic carbocycles. The first kappa shape index (κ1) is 6.91. The fraction of sp³-hybridized carbons (Fsp3) is 0.857. The molecule has 2 unspecified atom stereocenters. The second kappa shape index (κ2) is 2.70. The number of nitrogens with one attached hydrogen (secondary N) is 2. The van der Waals surface area contributed by atoms with E-state index in [2.05, 4.69) is 27.7 Å². The summed E-state index contributed by atoms with van der Waals surface area (Å²) >= 11 is 0. The molecule has 0 saturated carbocycles. The second-order valence-corrected chi connectivity index (χ2v) is 3.10. The van der Waals surface area contributed by atoms with E-state index in [1.165, 1.54) is 6.42 Å². The largest absolute Gasteiger partial charge is 0.337 e. The van der Waals surface area contributed by atoms with Gasteiger partial charge < -0.3 is 10.2 Å². The normalized spacial score (nSPS) is 35.2. The minimum atomic E-state index is 0.401. The fourth-order valence-electron chi connectivity index (χ4n) is 1.56. The van der Waals surface area contributed by atoms with E-state index in [9.17, 15) is 0 Å². The van der Waals surface area contributed by atoms with Crippen LogP contribution in [0.5, 0.6) is 0 Å². The first-order chi connectivity index (χ1) is 5.40. The summed E-state index contributed by atoms with van der Waals surface area (Å²) in [4.78, 5) is 2.25. The van der Waals surface area contributed by atoms with Gasteiger partial charge >= 0.3 is 0 Å². The van der Waals surface area contributed by atoms with Crippen molar-refractivity contribution in [2.75, 3.05) is 13.1 Å². The van der Waals surface area contributed by atoms with E-state index in [0.29, 0.717) is 12.2 Å². The van der Waals surface area contributed by atoms with Crippen molar-refractivity contribution in [3.8, 4) is 0 Å². The Hall–Kier alpha value is -0.770. The van der Waals surface area contributed by atoms with E-state index >= 15 is 0 Å². The van der Waals surface area contributed by atoms with E-state index in [4.69, 9.17) is 0 Å². The van der Waals surface area contributed by atoms with E-state index in [-0.39, 0.29) is 0 Å². The summed E-state index contributed by atoms with van der Waals surface area (Å²) in [6.45, 7) is 4.29. The Labute approximate surface area is 66.6 Å². The van der Waals surface area contributed by atoms with Crippen LogP contribution in [-0.2, 0) is 0 Å². The van der Waals surface area contributed by atoms with Crippen molar-refractivity contribution >= 4 is 6.34 Å². The Morgan fingerprint density at radius 3 is 3.45 bits per heavy atom. The predicted molar refractivity (Wildman–Crippen MR) is 44.2 cm³/mol. The smallest absolute Gasteiger partial charge is 0.128 e. The summed E-state index contributed by atoms with van der Waals surface area (Å²) in [5.74, 6) is 0. The number of hydrogen-bond donors (Lipinski definition) is 2. The van der Waals surface area contributed by atoms with Crippen LogP contribution >= 0.6 is 0 Å². The van der Waals surface area contributed by atoms with Gasteiger partial charge in [0.1, 0.15) is 12.5 Å². The number of piperazine rings is 1. The minimum Gasteiger partial charge on any atom is -0.337 e. The first-order valence-electron chi connectivity index (χ1n) is 4.18. The molecule has 0 bridgehead atoms. The van der Waals surface area contributed by atoms with Gasteiger partial charge in [0, 0.05) is 19.1 Å². The highest BCUT2D eigenvalue weighted by Crippen LogP contribution is 2.07. The van der Waals surface area contributed by atoms with Crippen LogP contribution in [-0.4, -0.2) is 36.5 Å². The van der Waals surface area contributed by atoms with Crippen molar-refractivity contribution in [1.29, 1.82) is 0 Å². The molecule has 0 spiro atoms. The van der Waals surface area contributed by atoms with Gasteiger partial charge in [-0.05, 0) is 6.42 Å². The number of nitrogens with zero attached hydrogens (tertiary/aromatic N) is 2. The van der Waals surface area contributed by atoms with Crippen molar-refractivity contribution < 1.29 is 0 Å². The maximum absolute atomic E-state index is 4.01.